The van der Waals surface area contributed by atoms with Crippen LogP contribution in [0.25, 0.3) is 10.9 Å². The Balaban J connectivity index is 1.69. The predicted octanol–water partition coefficient (Wildman–Crippen LogP) is 4.53. The summed E-state index contributed by atoms with van der Waals surface area (Å²) in [6.45, 7) is 3.25. The molecule has 0 amide bonds. The molecule has 3 aromatic rings. The highest BCUT2D eigenvalue weighted by atomic mass is 32.2. The second-order valence-corrected chi connectivity index (χ2v) is 7.63. The highest BCUT2D eigenvalue weighted by molar-refractivity contribution is 7.99. The smallest absolute Gasteiger partial charge is 0.156 e. The minimum atomic E-state index is 0.512. The first kappa shape index (κ1) is 17.1. The molecule has 4 rings (SSSR count). The van der Waals surface area contributed by atoms with Crippen molar-refractivity contribution in [2.45, 2.75) is 48.6 Å². The Kier molecular flexibility index (Phi) is 4.93. The third-order valence-corrected chi connectivity index (χ3v) is 6.07. The highest BCUT2D eigenvalue weighted by Gasteiger charge is 2.25. The van der Waals surface area contributed by atoms with Gasteiger partial charge in [-0.25, -0.2) is 9.97 Å². The number of hydrogen-bond acceptors (Lipinski definition) is 6. The van der Waals surface area contributed by atoms with Crippen LogP contribution in [0.5, 0.6) is 0 Å². The van der Waals surface area contributed by atoms with Crippen LogP contribution in [-0.2, 0) is 0 Å². The highest BCUT2D eigenvalue weighted by Crippen LogP contribution is 2.38. The molecule has 0 spiro atoms. The Morgan fingerprint density at radius 1 is 1.15 bits per heavy atom. The van der Waals surface area contributed by atoms with Crippen LogP contribution < -0.4 is 10.6 Å². The fraction of sp³-hybridized carbons (Fsp3) is 0.350. The van der Waals surface area contributed by atoms with Gasteiger partial charge in [0.2, 0.25) is 0 Å². The first-order valence-corrected chi connectivity index (χ1v) is 9.98. The van der Waals surface area contributed by atoms with E-state index in [1.54, 1.807) is 18.1 Å². The summed E-state index contributed by atoms with van der Waals surface area (Å²) in [6.07, 6.45) is 8.24. The maximum atomic E-state index is 6.52. The van der Waals surface area contributed by atoms with Crippen LogP contribution in [0.2, 0.25) is 0 Å². The average Bonchev–Trinajstić information content (AvgIpc) is 2.70. The Morgan fingerprint density at radius 2 is 2.04 bits per heavy atom. The van der Waals surface area contributed by atoms with Gasteiger partial charge in [-0.05, 0) is 37.8 Å². The van der Waals surface area contributed by atoms with E-state index in [-0.39, 0.29) is 0 Å². The minimum absolute atomic E-state index is 0.512. The van der Waals surface area contributed by atoms with E-state index in [0.717, 1.165) is 39.6 Å². The van der Waals surface area contributed by atoms with Crippen LogP contribution in [0.4, 0.5) is 11.5 Å². The second kappa shape index (κ2) is 7.50. The van der Waals surface area contributed by atoms with Gasteiger partial charge in [-0.1, -0.05) is 36.9 Å². The van der Waals surface area contributed by atoms with E-state index in [4.69, 9.17) is 5.73 Å². The molecular formula is C20H23N5S. The quantitative estimate of drug-likeness (QED) is 0.685. The number of hydrogen-bond donors (Lipinski definition) is 1. The number of pyridine rings is 1. The van der Waals surface area contributed by atoms with E-state index >= 15 is 0 Å². The lowest BCUT2D eigenvalue weighted by Crippen LogP contribution is -2.40. The van der Waals surface area contributed by atoms with E-state index in [2.05, 4.69) is 45.0 Å². The van der Waals surface area contributed by atoms with Gasteiger partial charge < -0.3 is 10.6 Å². The second-order valence-electron chi connectivity index (χ2n) is 6.60. The van der Waals surface area contributed by atoms with Gasteiger partial charge >= 0.3 is 0 Å². The van der Waals surface area contributed by atoms with Crippen LogP contribution in [0.3, 0.4) is 0 Å². The van der Waals surface area contributed by atoms with Gasteiger partial charge in [0.25, 0.3) is 0 Å². The summed E-state index contributed by atoms with van der Waals surface area (Å²) < 4.78 is 0. The van der Waals surface area contributed by atoms with Gasteiger partial charge in [0.1, 0.15) is 17.0 Å². The Bertz CT molecular complexity index is 908. The van der Waals surface area contributed by atoms with Crippen LogP contribution in [0, 0.1) is 0 Å². The molecule has 1 aliphatic rings. The summed E-state index contributed by atoms with van der Waals surface area (Å²) in [6, 6.07) is 10.7. The van der Waals surface area contributed by atoms with E-state index in [1.165, 1.54) is 19.3 Å². The molecule has 1 unspecified atom stereocenters. The van der Waals surface area contributed by atoms with Gasteiger partial charge in [-0.2, -0.15) is 0 Å². The summed E-state index contributed by atoms with van der Waals surface area (Å²) in [4.78, 5) is 16.9. The summed E-state index contributed by atoms with van der Waals surface area (Å²) in [7, 11) is 0. The number of nitrogens with zero attached hydrogens (tertiary/aromatic N) is 4. The third kappa shape index (κ3) is 3.21. The first-order valence-electron chi connectivity index (χ1n) is 9.16. The van der Waals surface area contributed by atoms with Gasteiger partial charge in [-0.3, -0.25) is 4.98 Å². The molecule has 3 heterocycles. The van der Waals surface area contributed by atoms with E-state index in [0.29, 0.717) is 11.7 Å². The Labute approximate surface area is 158 Å². The van der Waals surface area contributed by atoms with Crippen molar-refractivity contribution in [2.75, 3.05) is 17.2 Å². The molecule has 0 bridgehead atoms. The number of aromatic nitrogens is 3. The summed E-state index contributed by atoms with van der Waals surface area (Å²) in [5.41, 5.74) is 8.16. The SMILES string of the molecule is CCC1CCCCN1c1ncnc(Sc2cccc3cccnc23)c1N. The zero-order valence-corrected chi connectivity index (χ0v) is 15.7. The van der Waals surface area contributed by atoms with E-state index < -0.39 is 0 Å². The number of anilines is 2. The van der Waals surface area contributed by atoms with Crippen molar-refractivity contribution >= 4 is 34.2 Å². The largest absolute Gasteiger partial charge is 0.394 e. The molecule has 0 aliphatic carbocycles. The average molecular weight is 366 g/mol. The van der Waals surface area contributed by atoms with Gasteiger partial charge in [0.15, 0.2) is 5.82 Å². The standard InChI is InChI=1S/C20H23N5S/c1-2-15-9-3-4-12-25(15)19-17(21)20(24-13-23-19)26-16-10-5-7-14-8-6-11-22-18(14)16/h5-8,10-11,13,15H,2-4,9,12,21H2,1H3. The molecule has 1 fully saturated rings. The monoisotopic (exact) mass is 365 g/mol. The fourth-order valence-electron chi connectivity index (χ4n) is 3.65. The molecule has 0 saturated carbocycles. The van der Waals surface area contributed by atoms with Crippen molar-refractivity contribution in [3.05, 3.63) is 42.9 Å². The summed E-state index contributed by atoms with van der Waals surface area (Å²) in [5, 5.41) is 1.92. The molecule has 1 aromatic carbocycles. The topological polar surface area (TPSA) is 67.9 Å². The molecule has 1 aliphatic heterocycles. The molecule has 1 saturated heterocycles. The van der Waals surface area contributed by atoms with Crippen molar-refractivity contribution in [3.8, 4) is 0 Å². The van der Waals surface area contributed by atoms with Crippen LogP contribution in [0.15, 0.2) is 52.8 Å². The van der Waals surface area contributed by atoms with Crippen LogP contribution >= 0.6 is 11.8 Å². The summed E-state index contributed by atoms with van der Waals surface area (Å²) in [5.74, 6) is 0.877. The Morgan fingerprint density at radius 3 is 2.92 bits per heavy atom. The van der Waals surface area contributed by atoms with Crippen molar-refractivity contribution < 1.29 is 0 Å². The molecular weight excluding hydrogens is 342 g/mol. The van der Waals surface area contributed by atoms with Gasteiger partial charge in [0, 0.05) is 29.1 Å². The normalized spacial score (nSPS) is 17.6. The molecule has 1 atom stereocenters. The van der Waals surface area contributed by atoms with E-state index in [9.17, 15) is 0 Å². The number of benzene rings is 1. The molecule has 2 N–H and O–H groups in total. The lowest BCUT2D eigenvalue weighted by molar-refractivity contribution is 0.447. The zero-order chi connectivity index (χ0) is 17.9. The fourth-order valence-corrected chi connectivity index (χ4v) is 4.57. The van der Waals surface area contributed by atoms with Crippen LogP contribution in [-0.4, -0.2) is 27.5 Å². The van der Waals surface area contributed by atoms with Crippen molar-refractivity contribution in [1.29, 1.82) is 0 Å². The molecule has 6 heteroatoms. The maximum absolute atomic E-state index is 6.52. The number of piperidine rings is 1. The molecule has 134 valence electrons. The number of para-hydroxylation sites is 1. The summed E-state index contributed by atoms with van der Waals surface area (Å²) >= 11 is 1.57. The Hall–Kier alpha value is -2.34. The molecule has 26 heavy (non-hydrogen) atoms. The lowest BCUT2D eigenvalue weighted by atomic mass is 10.00. The number of fused-ring (bicyclic) bond motifs is 1. The first-order chi connectivity index (χ1) is 12.8. The van der Waals surface area contributed by atoms with Crippen molar-refractivity contribution in [1.82, 2.24) is 15.0 Å². The van der Waals surface area contributed by atoms with Gasteiger partial charge in [-0.15, -0.1) is 0 Å². The van der Waals surface area contributed by atoms with Crippen molar-refractivity contribution in [2.24, 2.45) is 0 Å². The van der Waals surface area contributed by atoms with Gasteiger partial charge in [0.05, 0.1) is 5.52 Å². The van der Waals surface area contributed by atoms with Crippen LogP contribution in [0.1, 0.15) is 32.6 Å². The zero-order valence-electron chi connectivity index (χ0n) is 14.9. The predicted molar refractivity (Wildman–Crippen MR) is 108 cm³/mol. The maximum Gasteiger partial charge on any atom is 0.156 e. The molecule has 2 aromatic heterocycles. The van der Waals surface area contributed by atoms with Crippen molar-refractivity contribution in [3.63, 3.8) is 0 Å². The number of rotatable bonds is 4. The lowest BCUT2D eigenvalue weighted by Gasteiger charge is -2.36. The number of nitrogen functional groups attached to an aromatic ring is 1. The number of nitrogens with two attached hydrogens (primary N) is 1. The molecule has 0 radical (unpaired) electrons. The third-order valence-electron chi connectivity index (χ3n) is 5.00. The molecule has 5 nitrogen and oxygen atoms in total. The minimum Gasteiger partial charge on any atom is -0.394 e. The van der Waals surface area contributed by atoms with E-state index in [1.807, 2.05) is 18.3 Å².